The van der Waals surface area contributed by atoms with Crippen molar-refractivity contribution in [2.45, 2.75) is 18.9 Å². The lowest BCUT2D eigenvalue weighted by Gasteiger charge is -2.13. The van der Waals surface area contributed by atoms with E-state index in [9.17, 15) is 10.1 Å². The zero-order chi connectivity index (χ0) is 12.4. The second-order valence-corrected chi connectivity index (χ2v) is 5.01. The molecule has 17 heavy (non-hydrogen) atoms. The molecule has 1 atom stereocenters. The second kappa shape index (κ2) is 4.97. The molecule has 2 rings (SSSR count). The number of pyridine rings is 1. The predicted octanol–water partition coefficient (Wildman–Crippen LogP) is 1.90. The first-order chi connectivity index (χ1) is 8.09. The van der Waals surface area contributed by atoms with Crippen LogP contribution in [0.3, 0.4) is 0 Å². The van der Waals surface area contributed by atoms with Crippen LogP contribution < -0.4 is 11.1 Å². The molecule has 0 spiro atoms. The van der Waals surface area contributed by atoms with Gasteiger partial charge in [0.25, 0.3) is 0 Å². The smallest absolute Gasteiger partial charge is 0.311 e. The van der Waals surface area contributed by atoms with E-state index in [1.54, 1.807) is 0 Å². The molecule has 0 saturated heterocycles. The van der Waals surface area contributed by atoms with Gasteiger partial charge < -0.3 is 11.1 Å². The maximum absolute atomic E-state index is 10.8. The lowest BCUT2D eigenvalue weighted by molar-refractivity contribution is -0.384. The van der Waals surface area contributed by atoms with Gasteiger partial charge in [-0.05, 0) is 34.7 Å². The van der Waals surface area contributed by atoms with Gasteiger partial charge in [-0.3, -0.25) is 15.1 Å². The van der Waals surface area contributed by atoms with E-state index < -0.39 is 4.92 Å². The fraction of sp³-hybridized carbons (Fsp3) is 0.500. The Morgan fingerprint density at radius 1 is 1.65 bits per heavy atom. The first-order valence-corrected chi connectivity index (χ1v) is 6.16. The fourth-order valence-electron chi connectivity index (χ4n) is 1.65. The Morgan fingerprint density at radius 2 is 2.35 bits per heavy atom. The van der Waals surface area contributed by atoms with Crippen molar-refractivity contribution in [2.75, 3.05) is 11.9 Å². The Kier molecular flexibility index (Phi) is 3.58. The van der Waals surface area contributed by atoms with E-state index in [4.69, 9.17) is 5.73 Å². The summed E-state index contributed by atoms with van der Waals surface area (Å²) in [5.41, 5.74) is 6.35. The topological polar surface area (TPSA) is 94.1 Å². The third-order valence-electron chi connectivity index (χ3n) is 2.82. The minimum absolute atomic E-state index is 0.0395. The highest BCUT2D eigenvalue weighted by atomic mass is 79.9. The standard InChI is InChI=1S/C10H13BrN4O2/c11-7-3-13-5-9(15(16)17)10(7)14-4-8(12)6-1-2-6/h3,5-6,8H,1-2,4,12H2,(H,13,14). The lowest BCUT2D eigenvalue weighted by Crippen LogP contribution is -2.31. The first kappa shape index (κ1) is 12.3. The monoisotopic (exact) mass is 300 g/mol. The van der Waals surface area contributed by atoms with Gasteiger partial charge in [-0.25, -0.2) is 0 Å². The Hall–Kier alpha value is -1.21. The van der Waals surface area contributed by atoms with Gasteiger partial charge in [0.15, 0.2) is 0 Å². The molecule has 1 aromatic heterocycles. The van der Waals surface area contributed by atoms with E-state index >= 15 is 0 Å². The molecule has 1 aliphatic rings. The molecule has 0 amide bonds. The molecule has 0 radical (unpaired) electrons. The van der Waals surface area contributed by atoms with Crippen LogP contribution in [0.1, 0.15) is 12.8 Å². The van der Waals surface area contributed by atoms with Gasteiger partial charge in [0, 0.05) is 18.8 Å². The molecule has 92 valence electrons. The van der Waals surface area contributed by atoms with Gasteiger partial charge in [0.2, 0.25) is 0 Å². The van der Waals surface area contributed by atoms with Crippen LogP contribution >= 0.6 is 15.9 Å². The number of anilines is 1. The predicted molar refractivity (Wildman–Crippen MR) is 67.8 cm³/mol. The van der Waals surface area contributed by atoms with Crippen molar-refractivity contribution in [3.8, 4) is 0 Å². The van der Waals surface area contributed by atoms with E-state index in [1.807, 2.05) is 0 Å². The molecule has 0 bridgehead atoms. The van der Waals surface area contributed by atoms with Crippen LogP contribution in [0, 0.1) is 16.0 Å². The summed E-state index contributed by atoms with van der Waals surface area (Å²) in [6.07, 6.45) is 5.07. The molecule has 6 nitrogen and oxygen atoms in total. The average molecular weight is 301 g/mol. The number of nitrogens with one attached hydrogen (secondary N) is 1. The van der Waals surface area contributed by atoms with E-state index in [0.717, 1.165) is 12.8 Å². The normalized spacial score (nSPS) is 16.6. The second-order valence-electron chi connectivity index (χ2n) is 4.15. The third-order valence-corrected chi connectivity index (χ3v) is 3.42. The van der Waals surface area contributed by atoms with Crippen LogP contribution in [0.15, 0.2) is 16.9 Å². The zero-order valence-corrected chi connectivity index (χ0v) is 10.7. The van der Waals surface area contributed by atoms with Crippen molar-refractivity contribution in [3.63, 3.8) is 0 Å². The summed E-state index contributed by atoms with van der Waals surface area (Å²) in [5.74, 6) is 0.558. The van der Waals surface area contributed by atoms with E-state index in [1.165, 1.54) is 12.4 Å². The van der Waals surface area contributed by atoms with Crippen molar-refractivity contribution in [2.24, 2.45) is 11.7 Å². The van der Waals surface area contributed by atoms with E-state index in [0.29, 0.717) is 22.6 Å². The van der Waals surface area contributed by atoms with Gasteiger partial charge in [-0.15, -0.1) is 0 Å². The summed E-state index contributed by atoms with van der Waals surface area (Å²) in [6.45, 7) is 0.536. The highest BCUT2D eigenvalue weighted by Gasteiger charge is 2.29. The fourth-order valence-corrected chi connectivity index (χ4v) is 2.11. The molecule has 0 aromatic carbocycles. The third kappa shape index (κ3) is 2.92. The summed E-state index contributed by atoms with van der Waals surface area (Å²) >= 11 is 3.25. The summed E-state index contributed by atoms with van der Waals surface area (Å²) in [6, 6.07) is 0.0506. The Morgan fingerprint density at radius 3 is 2.94 bits per heavy atom. The minimum atomic E-state index is -0.456. The molecule has 1 fully saturated rings. The Bertz CT molecular complexity index is 436. The quantitative estimate of drug-likeness (QED) is 0.640. The number of hydrogen-bond acceptors (Lipinski definition) is 5. The van der Waals surface area contributed by atoms with Crippen LogP contribution in [0.5, 0.6) is 0 Å². The molecular weight excluding hydrogens is 288 g/mol. The van der Waals surface area contributed by atoms with Gasteiger partial charge in [0.05, 0.1) is 9.40 Å². The van der Waals surface area contributed by atoms with Crippen molar-refractivity contribution in [1.29, 1.82) is 0 Å². The average Bonchev–Trinajstić information content (AvgIpc) is 3.10. The molecule has 1 saturated carbocycles. The van der Waals surface area contributed by atoms with Crippen LogP contribution in [-0.4, -0.2) is 22.5 Å². The molecule has 0 aliphatic heterocycles. The number of rotatable bonds is 5. The van der Waals surface area contributed by atoms with Crippen molar-refractivity contribution >= 4 is 27.3 Å². The number of hydrogen-bond donors (Lipinski definition) is 2. The van der Waals surface area contributed by atoms with Crippen LogP contribution in [0.25, 0.3) is 0 Å². The maximum Gasteiger partial charge on any atom is 0.311 e. The van der Waals surface area contributed by atoms with Gasteiger partial charge in [-0.2, -0.15) is 0 Å². The summed E-state index contributed by atoms with van der Waals surface area (Å²) < 4.78 is 0.578. The Labute approximate surface area is 107 Å². The van der Waals surface area contributed by atoms with Crippen molar-refractivity contribution in [1.82, 2.24) is 4.98 Å². The van der Waals surface area contributed by atoms with E-state index in [2.05, 4.69) is 26.2 Å². The van der Waals surface area contributed by atoms with Gasteiger partial charge >= 0.3 is 5.69 Å². The number of aromatic nitrogens is 1. The molecule has 1 heterocycles. The molecule has 7 heteroatoms. The van der Waals surface area contributed by atoms with Crippen LogP contribution in [0.4, 0.5) is 11.4 Å². The van der Waals surface area contributed by atoms with Gasteiger partial charge in [-0.1, -0.05) is 0 Å². The zero-order valence-electron chi connectivity index (χ0n) is 9.10. The number of nitrogens with zero attached hydrogens (tertiary/aromatic N) is 2. The van der Waals surface area contributed by atoms with Gasteiger partial charge in [0.1, 0.15) is 11.9 Å². The highest BCUT2D eigenvalue weighted by Crippen LogP contribution is 2.34. The maximum atomic E-state index is 10.8. The first-order valence-electron chi connectivity index (χ1n) is 5.37. The van der Waals surface area contributed by atoms with Crippen molar-refractivity contribution < 1.29 is 4.92 Å². The van der Waals surface area contributed by atoms with Crippen LogP contribution in [-0.2, 0) is 0 Å². The number of halogens is 1. The highest BCUT2D eigenvalue weighted by molar-refractivity contribution is 9.10. The largest absolute Gasteiger partial charge is 0.377 e. The molecule has 1 aromatic rings. The SMILES string of the molecule is NC(CNc1c(Br)cncc1[N+](=O)[O-])C1CC1. The summed E-state index contributed by atoms with van der Waals surface area (Å²) in [7, 11) is 0. The molecular formula is C10H13BrN4O2. The van der Waals surface area contributed by atoms with Crippen molar-refractivity contribution in [3.05, 3.63) is 27.0 Å². The number of nitro groups is 1. The summed E-state index contributed by atoms with van der Waals surface area (Å²) in [4.78, 5) is 14.2. The molecule has 3 N–H and O–H groups in total. The summed E-state index contributed by atoms with van der Waals surface area (Å²) in [5, 5.41) is 13.9. The van der Waals surface area contributed by atoms with E-state index in [-0.39, 0.29) is 11.7 Å². The van der Waals surface area contributed by atoms with Crippen LogP contribution in [0.2, 0.25) is 0 Å². The number of nitrogens with two attached hydrogens (primary N) is 1. The molecule has 1 aliphatic carbocycles. The lowest BCUT2D eigenvalue weighted by atomic mass is 10.2. The Balaban J connectivity index is 2.10. The minimum Gasteiger partial charge on any atom is -0.377 e. The molecule has 1 unspecified atom stereocenters.